The van der Waals surface area contributed by atoms with E-state index in [1.807, 2.05) is 0 Å². The third-order valence-corrected chi connectivity index (χ3v) is 2.48. The highest BCUT2D eigenvalue weighted by atomic mass is 19.4. The molecule has 2 heterocycles. The normalized spacial score (nSPS) is 19.6. The van der Waals surface area contributed by atoms with E-state index in [0.717, 1.165) is 18.8 Å². The van der Waals surface area contributed by atoms with Gasteiger partial charge in [-0.1, -0.05) is 6.07 Å². The number of hydrogen-bond donors (Lipinski definition) is 1. The number of aromatic nitrogens is 1. The molecule has 106 valence electrons. The van der Waals surface area contributed by atoms with Crippen molar-refractivity contribution in [3.05, 3.63) is 30.1 Å². The molecule has 0 aromatic carbocycles. The van der Waals surface area contributed by atoms with Crippen LogP contribution in [-0.2, 0) is 15.7 Å². The van der Waals surface area contributed by atoms with E-state index in [-0.39, 0.29) is 11.9 Å². The number of hydrogen-bond acceptors (Lipinski definition) is 4. The van der Waals surface area contributed by atoms with Gasteiger partial charge >= 0.3 is 6.18 Å². The van der Waals surface area contributed by atoms with Gasteiger partial charge in [0, 0.05) is 32.8 Å². The Balaban J connectivity index is 0.000000191. The molecule has 1 aliphatic rings. The SMILES string of the molecule is COC1CNCCC1=O.FC(F)(F)c1ccccn1. The van der Waals surface area contributed by atoms with Gasteiger partial charge in [0.1, 0.15) is 11.8 Å². The molecular weight excluding hydrogens is 261 g/mol. The molecule has 0 amide bonds. The zero-order chi connectivity index (χ0) is 14.3. The van der Waals surface area contributed by atoms with E-state index < -0.39 is 11.9 Å². The van der Waals surface area contributed by atoms with Crippen molar-refractivity contribution in [2.75, 3.05) is 20.2 Å². The maximum Gasteiger partial charge on any atom is 0.433 e. The van der Waals surface area contributed by atoms with E-state index in [9.17, 15) is 18.0 Å². The number of nitrogens with one attached hydrogen (secondary N) is 1. The molecule has 1 aromatic heterocycles. The largest absolute Gasteiger partial charge is 0.433 e. The van der Waals surface area contributed by atoms with E-state index in [4.69, 9.17) is 4.74 Å². The van der Waals surface area contributed by atoms with E-state index in [2.05, 4.69) is 10.3 Å². The molecule has 4 nitrogen and oxygen atoms in total. The zero-order valence-corrected chi connectivity index (χ0v) is 10.4. The van der Waals surface area contributed by atoms with Crippen molar-refractivity contribution in [2.24, 2.45) is 0 Å². The summed E-state index contributed by atoms with van der Waals surface area (Å²) in [6.07, 6.45) is -2.79. The minimum atomic E-state index is -4.32. The molecule has 1 unspecified atom stereocenters. The van der Waals surface area contributed by atoms with Crippen molar-refractivity contribution in [1.82, 2.24) is 10.3 Å². The highest BCUT2D eigenvalue weighted by Gasteiger charge is 2.31. The van der Waals surface area contributed by atoms with Crippen LogP contribution in [0.3, 0.4) is 0 Å². The quantitative estimate of drug-likeness (QED) is 0.847. The fourth-order valence-electron chi connectivity index (χ4n) is 1.46. The standard InChI is InChI=1S/C6H4F3N.C6H11NO2/c7-6(8,9)5-3-1-2-4-10-5;1-9-6-4-7-3-2-5(6)8/h1-4H;6-7H,2-4H2,1H3. The van der Waals surface area contributed by atoms with Crippen molar-refractivity contribution in [3.63, 3.8) is 0 Å². The maximum absolute atomic E-state index is 11.7. The number of Topliss-reactive ketones (excluding diaryl/α,β-unsaturated/α-hetero) is 1. The lowest BCUT2D eigenvalue weighted by Crippen LogP contribution is -2.41. The molecule has 19 heavy (non-hydrogen) atoms. The fourth-order valence-corrected chi connectivity index (χ4v) is 1.46. The number of ether oxygens (including phenoxy) is 1. The van der Waals surface area contributed by atoms with Gasteiger partial charge in [-0.25, -0.2) is 0 Å². The average Bonchev–Trinajstić information content (AvgIpc) is 2.40. The molecule has 0 saturated carbocycles. The lowest BCUT2D eigenvalue weighted by Gasteiger charge is -2.19. The highest BCUT2D eigenvalue weighted by Crippen LogP contribution is 2.26. The van der Waals surface area contributed by atoms with Gasteiger partial charge in [-0.3, -0.25) is 9.78 Å². The first kappa shape index (κ1) is 15.6. The van der Waals surface area contributed by atoms with Crippen LogP contribution in [0.2, 0.25) is 0 Å². The van der Waals surface area contributed by atoms with Crippen LogP contribution in [-0.4, -0.2) is 37.1 Å². The summed E-state index contributed by atoms with van der Waals surface area (Å²) in [6, 6.07) is 3.67. The summed E-state index contributed by atoms with van der Waals surface area (Å²) in [5.74, 6) is 0.219. The Hall–Kier alpha value is -1.47. The lowest BCUT2D eigenvalue weighted by atomic mass is 10.1. The van der Waals surface area contributed by atoms with E-state index in [0.29, 0.717) is 13.0 Å². The summed E-state index contributed by atoms with van der Waals surface area (Å²) in [5.41, 5.74) is -0.852. The molecule has 2 rings (SSSR count). The molecule has 0 radical (unpaired) electrons. The zero-order valence-electron chi connectivity index (χ0n) is 10.4. The summed E-state index contributed by atoms with van der Waals surface area (Å²) in [4.78, 5) is 14.0. The molecule has 0 spiro atoms. The second kappa shape index (κ2) is 7.20. The van der Waals surface area contributed by atoms with Gasteiger partial charge in [-0.15, -0.1) is 0 Å². The number of ketones is 1. The van der Waals surface area contributed by atoms with Crippen LogP contribution in [0.4, 0.5) is 13.2 Å². The summed E-state index contributed by atoms with van der Waals surface area (Å²) < 4.78 is 40.1. The number of halogens is 3. The molecule has 1 N–H and O–H groups in total. The van der Waals surface area contributed by atoms with Crippen LogP contribution in [0.25, 0.3) is 0 Å². The predicted molar refractivity (Wildman–Crippen MR) is 62.5 cm³/mol. The molecule has 1 fully saturated rings. The lowest BCUT2D eigenvalue weighted by molar-refractivity contribution is -0.141. The monoisotopic (exact) mass is 276 g/mol. The van der Waals surface area contributed by atoms with E-state index in [1.165, 1.54) is 12.1 Å². The Morgan fingerprint density at radius 2 is 2.16 bits per heavy atom. The molecule has 0 aliphatic carbocycles. The number of pyridine rings is 1. The van der Waals surface area contributed by atoms with Gasteiger partial charge < -0.3 is 10.1 Å². The van der Waals surface area contributed by atoms with Crippen LogP contribution in [0, 0.1) is 0 Å². The summed E-state index contributed by atoms with van der Waals surface area (Å²) in [5, 5.41) is 3.07. The number of carbonyl (C=O) groups is 1. The molecular formula is C12H15F3N2O2. The minimum absolute atomic E-state index is 0.196. The van der Waals surface area contributed by atoms with Gasteiger partial charge in [-0.05, 0) is 12.1 Å². The van der Waals surface area contributed by atoms with Gasteiger partial charge in [0.05, 0.1) is 0 Å². The van der Waals surface area contributed by atoms with Crippen LogP contribution < -0.4 is 5.32 Å². The number of carbonyl (C=O) groups excluding carboxylic acids is 1. The first-order valence-electron chi connectivity index (χ1n) is 5.69. The highest BCUT2D eigenvalue weighted by molar-refractivity contribution is 5.84. The number of rotatable bonds is 1. The van der Waals surface area contributed by atoms with E-state index >= 15 is 0 Å². The smallest absolute Gasteiger partial charge is 0.372 e. The summed E-state index contributed by atoms with van der Waals surface area (Å²) in [7, 11) is 1.57. The topological polar surface area (TPSA) is 51.2 Å². The fraction of sp³-hybridized carbons (Fsp3) is 0.500. The Kier molecular flexibility index (Phi) is 5.91. The van der Waals surface area contributed by atoms with Crippen LogP contribution in [0.15, 0.2) is 24.4 Å². The summed E-state index contributed by atoms with van der Waals surface area (Å²) >= 11 is 0. The van der Waals surface area contributed by atoms with Gasteiger partial charge in [0.25, 0.3) is 0 Å². The van der Waals surface area contributed by atoms with Crippen LogP contribution in [0.1, 0.15) is 12.1 Å². The minimum Gasteiger partial charge on any atom is -0.372 e. The molecule has 1 aromatic rings. The Morgan fingerprint density at radius 1 is 1.42 bits per heavy atom. The molecule has 0 bridgehead atoms. The van der Waals surface area contributed by atoms with Crippen molar-refractivity contribution >= 4 is 5.78 Å². The average molecular weight is 276 g/mol. The van der Waals surface area contributed by atoms with Crippen molar-refractivity contribution in [1.29, 1.82) is 0 Å². The van der Waals surface area contributed by atoms with Crippen molar-refractivity contribution < 1.29 is 22.7 Å². The van der Waals surface area contributed by atoms with Crippen LogP contribution in [0.5, 0.6) is 0 Å². The van der Waals surface area contributed by atoms with Gasteiger partial charge in [0.15, 0.2) is 5.78 Å². The third-order valence-electron chi connectivity index (χ3n) is 2.48. The molecule has 1 aliphatic heterocycles. The Bertz CT molecular complexity index is 396. The Morgan fingerprint density at radius 3 is 2.53 bits per heavy atom. The van der Waals surface area contributed by atoms with Gasteiger partial charge in [0.2, 0.25) is 0 Å². The molecule has 1 saturated heterocycles. The van der Waals surface area contributed by atoms with Crippen molar-refractivity contribution in [2.45, 2.75) is 18.7 Å². The number of piperidine rings is 1. The Labute approximate surface area is 109 Å². The molecule has 1 atom stereocenters. The molecule has 7 heteroatoms. The number of alkyl halides is 3. The number of methoxy groups -OCH3 is 1. The third kappa shape index (κ3) is 5.35. The maximum atomic E-state index is 11.7. The summed E-state index contributed by atoms with van der Waals surface area (Å²) in [6.45, 7) is 1.48. The van der Waals surface area contributed by atoms with Crippen molar-refractivity contribution in [3.8, 4) is 0 Å². The van der Waals surface area contributed by atoms with Crippen LogP contribution >= 0.6 is 0 Å². The van der Waals surface area contributed by atoms with Gasteiger partial charge in [-0.2, -0.15) is 13.2 Å². The first-order valence-corrected chi connectivity index (χ1v) is 5.69. The first-order chi connectivity index (χ1) is 8.95. The number of nitrogens with zero attached hydrogens (tertiary/aromatic N) is 1. The second-order valence-corrected chi connectivity index (χ2v) is 3.86. The van der Waals surface area contributed by atoms with E-state index in [1.54, 1.807) is 7.11 Å². The second-order valence-electron chi connectivity index (χ2n) is 3.86. The predicted octanol–water partition coefficient (Wildman–Crippen LogP) is 1.66.